The Morgan fingerprint density at radius 2 is 2.00 bits per heavy atom. The summed E-state index contributed by atoms with van der Waals surface area (Å²) in [6, 6.07) is 7.93. The van der Waals surface area contributed by atoms with E-state index in [1.54, 1.807) is 6.08 Å². The molecule has 1 aromatic rings. The van der Waals surface area contributed by atoms with Crippen LogP contribution in [0.5, 0.6) is 0 Å². The number of amidine groups is 1. The third kappa shape index (κ3) is 4.86. The van der Waals surface area contributed by atoms with Crippen molar-refractivity contribution in [2.24, 2.45) is 22.4 Å². The van der Waals surface area contributed by atoms with E-state index in [1.807, 2.05) is 49.3 Å². The number of benzene rings is 1. The molecule has 6 heteroatoms. The largest absolute Gasteiger partial charge is 0.383 e. The van der Waals surface area contributed by atoms with Gasteiger partial charge in [-0.1, -0.05) is 24.8 Å². The van der Waals surface area contributed by atoms with Crippen LogP contribution in [0.15, 0.2) is 53.8 Å². The van der Waals surface area contributed by atoms with Gasteiger partial charge in [0.2, 0.25) is 5.91 Å². The summed E-state index contributed by atoms with van der Waals surface area (Å²) in [6.07, 6.45) is 5.00. The van der Waals surface area contributed by atoms with Crippen molar-refractivity contribution in [1.29, 1.82) is 0 Å². The predicted molar refractivity (Wildman–Crippen MR) is 103 cm³/mol. The SMILES string of the molecule is C=C/C=C(\N=C(N)c1cccc(N(C)C)c1)N1CCC(C(N)=O)CC1. The Hall–Kier alpha value is -2.76. The number of amides is 1. The monoisotopic (exact) mass is 341 g/mol. The number of anilines is 1. The summed E-state index contributed by atoms with van der Waals surface area (Å²) in [5.74, 6) is 0.927. The second-order valence-electron chi connectivity index (χ2n) is 6.37. The summed E-state index contributed by atoms with van der Waals surface area (Å²) in [7, 11) is 3.97. The topological polar surface area (TPSA) is 87.9 Å². The number of carbonyl (C=O) groups is 1. The van der Waals surface area contributed by atoms with Gasteiger partial charge in [-0.2, -0.15) is 0 Å². The first kappa shape index (κ1) is 18.6. The zero-order chi connectivity index (χ0) is 18.4. The normalized spacial score (nSPS) is 16.6. The Morgan fingerprint density at radius 1 is 1.32 bits per heavy atom. The average molecular weight is 341 g/mol. The molecule has 0 aromatic heterocycles. The Bertz CT molecular complexity index is 685. The fourth-order valence-corrected chi connectivity index (χ4v) is 2.84. The molecule has 134 valence electrons. The summed E-state index contributed by atoms with van der Waals surface area (Å²) >= 11 is 0. The van der Waals surface area contributed by atoms with Crippen molar-refractivity contribution in [3.63, 3.8) is 0 Å². The van der Waals surface area contributed by atoms with Crippen LogP contribution in [-0.4, -0.2) is 43.8 Å². The molecule has 1 fully saturated rings. The van der Waals surface area contributed by atoms with E-state index in [-0.39, 0.29) is 11.8 Å². The summed E-state index contributed by atoms with van der Waals surface area (Å²) in [5.41, 5.74) is 13.6. The van der Waals surface area contributed by atoms with Crippen LogP contribution in [-0.2, 0) is 4.79 Å². The molecule has 0 saturated carbocycles. The number of hydrogen-bond donors (Lipinski definition) is 2. The first-order valence-electron chi connectivity index (χ1n) is 8.41. The second kappa shape index (κ2) is 8.37. The molecule has 1 aliphatic heterocycles. The van der Waals surface area contributed by atoms with E-state index < -0.39 is 0 Å². The van der Waals surface area contributed by atoms with Gasteiger partial charge in [-0.3, -0.25) is 4.79 Å². The highest BCUT2D eigenvalue weighted by atomic mass is 16.1. The summed E-state index contributed by atoms with van der Waals surface area (Å²) < 4.78 is 0. The number of allylic oxidation sites excluding steroid dienone is 2. The number of nitrogens with two attached hydrogens (primary N) is 2. The summed E-state index contributed by atoms with van der Waals surface area (Å²) in [6.45, 7) is 5.21. The van der Waals surface area contributed by atoms with Gasteiger partial charge >= 0.3 is 0 Å². The standard InChI is InChI=1S/C19H27N5O/c1-4-6-17(24-11-9-14(10-12-24)19(21)25)22-18(20)15-7-5-8-16(13-15)23(2)3/h4-8,13-14H,1,9-12H2,2-3H3,(H2,20,22)(H2,21,25)/b17-6+. The molecule has 0 bridgehead atoms. The molecule has 0 aliphatic carbocycles. The summed E-state index contributed by atoms with van der Waals surface area (Å²) in [5, 5.41) is 0. The van der Waals surface area contributed by atoms with Crippen molar-refractivity contribution in [3.05, 3.63) is 54.4 Å². The molecular formula is C19H27N5O. The highest BCUT2D eigenvalue weighted by molar-refractivity contribution is 5.98. The van der Waals surface area contributed by atoms with Crippen molar-refractivity contribution < 1.29 is 4.79 Å². The van der Waals surface area contributed by atoms with Gasteiger partial charge in [0, 0.05) is 44.4 Å². The van der Waals surface area contributed by atoms with Gasteiger partial charge in [0.25, 0.3) is 0 Å². The molecule has 1 heterocycles. The molecular weight excluding hydrogens is 314 g/mol. The van der Waals surface area contributed by atoms with Gasteiger partial charge in [-0.15, -0.1) is 0 Å². The minimum absolute atomic E-state index is 0.0562. The molecule has 2 rings (SSSR count). The molecule has 1 aliphatic rings. The lowest BCUT2D eigenvalue weighted by molar-refractivity contribution is -0.123. The highest BCUT2D eigenvalue weighted by Gasteiger charge is 2.24. The molecule has 25 heavy (non-hydrogen) atoms. The van der Waals surface area contributed by atoms with Crippen molar-refractivity contribution >= 4 is 17.4 Å². The van der Waals surface area contributed by atoms with Crippen LogP contribution < -0.4 is 16.4 Å². The number of carbonyl (C=O) groups excluding carboxylic acids is 1. The molecule has 1 saturated heterocycles. The predicted octanol–water partition coefficient (Wildman–Crippen LogP) is 1.68. The number of piperidine rings is 1. The molecule has 0 spiro atoms. The number of likely N-dealkylation sites (tertiary alicyclic amines) is 1. The van der Waals surface area contributed by atoms with Crippen LogP contribution in [0.25, 0.3) is 0 Å². The van der Waals surface area contributed by atoms with Gasteiger partial charge in [0.1, 0.15) is 11.7 Å². The van der Waals surface area contributed by atoms with E-state index >= 15 is 0 Å². The maximum Gasteiger partial charge on any atom is 0.220 e. The quantitative estimate of drug-likeness (QED) is 0.468. The van der Waals surface area contributed by atoms with E-state index in [0.717, 1.165) is 43.0 Å². The highest BCUT2D eigenvalue weighted by Crippen LogP contribution is 2.21. The molecule has 0 atom stereocenters. The average Bonchev–Trinajstić information content (AvgIpc) is 2.61. The number of rotatable bonds is 6. The number of aliphatic imine (C=N–C) groups is 1. The van der Waals surface area contributed by atoms with Crippen LogP contribution in [0.2, 0.25) is 0 Å². The van der Waals surface area contributed by atoms with Crippen LogP contribution in [0.3, 0.4) is 0 Å². The van der Waals surface area contributed by atoms with Gasteiger partial charge in [-0.05, 0) is 31.1 Å². The first-order valence-corrected chi connectivity index (χ1v) is 8.41. The van der Waals surface area contributed by atoms with E-state index in [1.165, 1.54) is 0 Å². The minimum atomic E-state index is -0.225. The Kier molecular flexibility index (Phi) is 6.22. The second-order valence-corrected chi connectivity index (χ2v) is 6.37. The minimum Gasteiger partial charge on any atom is -0.383 e. The van der Waals surface area contributed by atoms with Crippen molar-refractivity contribution in [3.8, 4) is 0 Å². The van der Waals surface area contributed by atoms with Gasteiger partial charge in [-0.25, -0.2) is 4.99 Å². The Morgan fingerprint density at radius 3 is 2.56 bits per heavy atom. The van der Waals surface area contributed by atoms with Crippen LogP contribution in [0.1, 0.15) is 18.4 Å². The maximum atomic E-state index is 11.3. The van der Waals surface area contributed by atoms with E-state index in [9.17, 15) is 4.79 Å². The molecule has 0 radical (unpaired) electrons. The lowest BCUT2D eigenvalue weighted by Crippen LogP contribution is -2.38. The maximum absolute atomic E-state index is 11.3. The van der Waals surface area contributed by atoms with Crippen LogP contribution >= 0.6 is 0 Å². The Labute approximate surface area is 149 Å². The van der Waals surface area contributed by atoms with Crippen LogP contribution in [0, 0.1) is 5.92 Å². The molecule has 0 unspecified atom stereocenters. The Balaban J connectivity index is 2.19. The van der Waals surface area contributed by atoms with E-state index in [2.05, 4.69) is 16.5 Å². The number of primary amides is 1. The van der Waals surface area contributed by atoms with Gasteiger partial charge < -0.3 is 21.3 Å². The van der Waals surface area contributed by atoms with Gasteiger partial charge in [0.15, 0.2) is 0 Å². The third-order valence-electron chi connectivity index (χ3n) is 4.38. The first-order chi connectivity index (χ1) is 11.9. The number of hydrogen-bond acceptors (Lipinski definition) is 4. The lowest BCUT2D eigenvalue weighted by atomic mass is 9.96. The molecule has 1 aromatic carbocycles. The van der Waals surface area contributed by atoms with Gasteiger partial charge in [0.05, 0.1) is 0 Å². The lowest BCUT2D eigenvalue weighted by Gasteiger charge is -2.32. The van der Waals surface area contributed by atoms with Crippen molar-refractivity contribution in [2.45, 2.75) is 12.8 Å². The molecule has 4 N–H and O–H groups in total. The zero-order valence-electron chi connectivity index (χ0n) is 15.0. The van der Waals surface area contributed by atoms with Crippen molar-refractivity contribution in [1.82, 2.24) is 4.90 Å². The third-order valence-corrected chi connectivity index (χ3v) is 4.38. The van der Waals surface area contributed by atoms with Crippen LogP contribution in [0.4, 0.5) is 5.69 Å². The fraction of sp³-hybridized carbons (Fsp3) is 0.368. The zero-order valence-corrected chi connectivity index (χ0v) is 15.0. The smallest absolute Gasteiger partial charge is 0.220 e. The molecule has 6 nitrogen and oxygen atoms in total. The van der Waals surface area contributed by atoms with E-state index in [4.69, 9.17) is 11.5 Å². The van der Waals surface area contributed by atoms with Crippen molar-refractivity contribution in [2.75, 3.05) is 32.1 Å². The van der Waals surface area contributed by atoms with E-state index in [0.29, 0.717) is 5.84 Å². The molecule has 1 amide bonds. The fourth-order valence-electron chi connectivity index (χ4n) is 2.84. The summed E-state index contributed by atoms with van der Waals surface area (Å²) in [4.78, 5) is 20.1. The number of nitrogens with zero attached hydrogens (tertiary/aromatic N) is 3.